The van der Waals surface area contributed by atoms with Crippen LogP contribution in [-0.2, 0) is 6.54 Å². The Kier molecular flexibility index (Phi) is 4.53. The van der Waals surface area contributed by atoms with Crippen LogP contribution in [0, 0.1) is 0 Å². The van der Waals surface area contributed by atoms with Gasteiger partial charge in [-0.05, 0) is 23.8 Å². The maximum absolute atomic E-state index is 12.4. The Morgan fingerprint density at radius 3 is 2.40 bits per heavy atom. The van der Waals surface area contributed by atoms with Crippen LogP contribution in [0.2, 0.25) is 10.0 Å². The fraction of sp³-hybridized carbons (Fsp3) is 0.133. The van der Waals surface area contributed by atoms with Crippen LogP contribution in [-0.4, -0.2) is 17.9 Å². The van der Waals surface area contributed by atoms with E-state index in [0.717, 1.165) is 5.56 Å². The predicted molar refractivity (Wildman–Crippen MR) is 83.1 cm³/mol. The third kappa shape index (κ3) is 3.06. The first-order chi connectivity index (χ1) is 9.50. The average molecular weight is 309 g/mol. The number of nitrogen functional groups attached to an aromatic ring is 1. The molecule has 0 saturated carbocycles. The van der Waals surface area contributed by atoms with E-state index in [1.807, 2.05) is 18.2 Å². The molecule has 0 aliphatic carbocycles. The second-order valence-corrected chi connectivity index (χ2v) is 5.27. The number of anilines is 1. The zero-order valence-electron chi connectivity index (χ0n) is 10.9. The lowest BCUT2D eigenvalue weighted by molar-refractivity contribution is 0.0786. The number of rotatable bonds is 3. The van der Waals surface area contributed by atoms with Gasteiger partial charge in [0.05, 0.1) is 10.6 Å². The van der Waals surface area contributed by atoms with Gasteiger partial charge in [-0.1, -0.05) is 47.5 Å². The van der Waals surface area contributed by atoms with Gasteiger partial charge in [0.2, 0.25) is 0 Å². The number of hydrogen-bond acceptors (Lipinski definition) is 2. The third-order valence-corrected chi connectivity index (χ3v) is 3.66. The summed E-state index contributed by atoms with van der Waals surface area (Å²) < 4.78 is 0. The van der Waals surface area contributed by atoms with E-state index in [1.54, 1.807) is 36.2 Å². The maximum Gasteiger partial charge on any atom is 0.257 e. The molecule has 0 spiro atoms. The average Bonchev–Trinajstić information content (AvgIpc) is 2.41. The van der Waals surface area contributed by atoms with Crippen LogP contribution < -0.4 is 5.73 Å². The first-order valence-electron chi connectivity index (χ1n) is 6.03. The first-order valence-corrected chi connectivity index (χ1v) is 6.79. The van der Waals surface area contributed by atoms with Crippen LogP contribution >= 0.6 is 23.2 Å². The van der Waals surface area contributed by atoms with Crippen molar-refractivity contribution in [2.45, 2.75) is 6.54 Å². The summed E-state index contributed by atoms with van der Waals surface area (Å²) in [4.78, 5) is 14.0. The van der Waals surface area contributed by atoms with Gasteiger partial charge in [0, 0.05) is 24.3 Å². The molecule has 2 aromatic carbocycles. The van der Waals surface area contributed by atoms with E-state index in [1.165, 1.54) is 0 Å². The molecule has 0 atom stereocenters. The lowest BCUT2D eigenvalue weighted by atomic mass is 10.1. The van der Waals surface area contributed by atoms with Crippen LogP contribution in [0.5, 0.6) is 0 Å². The number of halogens is 2. The quantitative estimate of drug-likeness (QED) is 0.875. The Labute approximate surface area is 127 Å². The van der Waals surface area contributed by atoms with Gasteiger partial charge in [0.1, 0.15) is 0 Å². The molecule has 0 saturated heterocycles. The minimum atomic E-state index is -0.229. The molecule has 0 unspecified atom stereocenters. The van der Waals surface area contributed by atoms with Crippen molar-refractivity contribution in [2.24, 2.45) is 0 Å². The standard InChI is InChI=1S/C15H14Cl2N2O/c1-19(9-10-5-2-3-6-11(10)16)15(20)14-12(17)7-4-8-13(14)18/h2-8H,9,18H2,1H3. The Bertz CT molecular complexity index is 623. The van der Waals surface area contributed by atoms with E-state index >= 15 is 0 Å². The molecule has 0 aliphatic heterocycles. The summed E-state index contributed by atoms with van der Waals surface area (Å²) in [5.41, 5.74) is 7.39. The summed E-state index contributed by atoms with van der Waals surface area (Å²) in [6.45, 7) is 0.392. The highest BCUT2D eigenvalue weighted by Crippen LogP contribution is 2.24. The van der Waals surface area contributed by atoms with Crippen molar-refractivity contribution in [1.82, 2.24) is 4.90 Å². The van der Waals surface area contributed by atoms with Crippen molar-refractivity contribution in [2.75, 3.05) is 12.8 Å². The second kappa shape index (κ2) is 6.16. The molecular weight excluding hydrogens is 295 g/mol. The van der Waals surface area contributed by atoms with E-state index in [2.05, 4.69) is 0 Å². The molecule has 5 heteroatoms. The monoisotopic (exact) mass is 308 g/mol. The molecule has 0 aliphatic rings. The Morgan fingerprint density at radius 1 is 1.10 bits per heavy atom. The van der Waals surface area contributed by atoms with Crippen LogP contribution in [0.25, 0.3) is 0 Å². The van der Waals surface area contributed by atoms with Gasteiger partial charge in [-0.3, -0.25) is 4.79 Å². The number of hydrogen-bond donors (Lipinski definition) is 1. The number of carbonyl (C=O) groups is 1. The van der Waals surface area contributed by atoms with Crippen LogP contribution in [0.1, 0.15) is 15.9 Å². The van der Waals surface area contributed by atoms with Gasteiger partial charge in [-0.25, -0.2) is 0 Å². The van der Waals surface area contributed by atoms with Crippen LogP contribution in [0.3, 0.4) is 0 Å². The smallest absolute Gasteiger partial charge is 0.257 e. The van der Waals surface area contributed by atoms with Crippen LogP contribution in [0.4, 0.5) is 5.69 Å². The van der Waals surface area contributed by atoms with Crippen molar-refractivity contribution < 1.29 is 4.79 Å². The fourth-order valence-corrected chi connectivity index (χ4v) is 2.37. The molecule has 0 heterocycles. The largest absolute Gasteiger partial charge is 0.398 e. The van der Waals surface area contributed by atoms with Gasteiger partial charge in [-0.15, -0.1) is 0 Å². The van der Waals surface area contributed by atoms with Gasteiger partial charge in [0.25, 0.3) is 5.91 Å². The number of nitrogens with zero attached hydrogens (tertiary/aromatic N) is 1. The van der Waals surface area contributed by atoms with Crippen molar-refractivity contribution in [1.29, 1.82) is 0 Å². The summed E-state index contributed by atoms with van der Waals surface area (Å²) in [5, 5.41) is 0.972. The van der Waals surface area contributed by atoms with E-state index < -0.39 is 0 Å². The second-order valence-electron chi connectivity index (χ2n) is 4.46. The topological polar surface area (TPSA) is 46.3 Å². The number of carbonyl (C=O) groups excluding carboxylic acids is 1. The molecule has 104 valence electrons. The molecule has 2 rings (SSSR count). The summed E-state index contributed by atoms with van der Waals surface area (Å²) in [5.74, 6) is -0.229. The molecular formula is C15H14Cl2N2O. The van der Waals surface area contributed by atoms with Gasteiger partial charge in [-0.2, -0.15) is 0 Å². The SMILES string of the molecule is CN(Cc1ccccc1Cl)C(=O)c1c(N)cccc1Cl. The van der Waals surface area contributed by atoms with Gasteiger partial charge in [0.15, 0.2) is 0 Å². The minimum absolute atomic E-state index is 0.229. The first kappa shape index (κ1) is 14.7. The zero-order chi connectivity index (χ0) is 14.7. The minimum Gasteiger partial charge on any atom is -0.398 e. The van der Waals surface area contributed by atoms with Crippen molar-refractivity contribution in [3.63, 3.8) is 0 Å². The Balaban J connectivity index is 2.24. The molecule has 2 N–H and O–H groups in total. The molecule has 1 amide bonds. The number of benzene rings is 2. The van der Waals surface area contributed by atoms with Crippen molar-refractivity contribution >= 4 is 34.8 Å². The fourth-order valence-electron chi connectivity index (χ4n) is 1.91. The van der Waals surface area contributed by atoms with E-state index in [0.29, 0.717) is 27.8 Å². The third-order valence-electron chi connectivity index (χ3n) is 2.97. The summed E-state index contributed by atoms with van der Waals surface area (Å²) >= 11 is 12.1. The predicted octanol–water partition coefficient (Wildman–Crippen LogP) is 3.85. The summed E-state index contributed by atoms with van der Waals surface area (Å²) in [7, 11) is 1.69. The highest BCUT2D eigenvalue weighted by molar-refractivity contribution is 6.34. The van der Waals surface area contributed by atoms with Gasteiger partial charge >= 0.3 is 0 Å². The lowest BCUT2D eigenvalue weighted by Gasteiger charge is -2.19. The van der Waals surface area contributed by atoms with E-state index in [-0.39, 0.29) is 5.91 Å². The Hall–Kier alpha value is -1.71. The molecule has 20 heavy (non-hydrogen) atoms. The Morgan fingerprint density at radius 2 is 1.75 bits per heavy atom. The molecule has 0 aromatic heterocycles. The highest BCUT2D eigenvalue weighted by atomic mass is 35.5. The maximum atomic E-state index is 12.4. The summed E-state index contributed by atoms with van der Waals surface area (Å²) in [6.07, 6.45) is 0. The molecule has 0 fully saturated rings. The molecule has 2 aromatic rings. The zero-order valence-corrected chi connectivity index (χ0v) is 12.4. The van der Waals surface area contributed by atoms with Gasteiger partial charge < -0.3 is 10.6 Å². The van der Waals surface area contributed by atoms with E-state index in [9.17, 15) is 4.79 Å². The van der Waals surface area contributed by atoms with E-state index in [4.69, 9.17) is 28.9 Å². The molecule has 0 radical (unpaired) electrons. The highest BCUT2D eigenvalue weighted by Gasteiger charge is 2.18. The molecule has 0 bridgehead atoms. The van der Waals surface area contributed by atoms with Crippen LogP contribution in [0.15, 0.2) is 42.5 Å². The molecule has 3 nitrogen and oxygen atoms in total. The van der Waals surface area contributed by atoms with Crippen molar-refractivity contribution in [3.8, 4) is 0 Å². The lowest BCUT2D eigenvalue weighted by Crippen LogP contribution is -2.27. The number of amides is 1. The summed E-state index contributed by atoms with van der Waals surface area (Å²) in [6, 6.07) is 12.4. The number of nitrogens with two attached hydrogens (primary N) is 1. The van der Waals surface area contributed by atoms with Crippen molar-refractivity contribution in [3.05, 3.63) is 63.6 Å². The normalized spacial score (nSPS) is 10.3.